The van der Waals surface area contributed by atoms with Gasteiger partial charge in [0, 0.05) is 23.9 Å². The molecule has 1 fully saturated rings. The molecule has 1 aliphatic rings. The number of benzene rings is 2. The molecular weight excluding hydrogens is 440 g/mol. The molecule has 0 spiro atoms. The van der Waals surface area contributed by atoms with E-state index >= 15 is 0 Å². The van der Waals surface area contributed by atoms with E-state index in [9.17, 15) is 27.2 Å². The molecule has 0 bridgehead atoms. The van der Waals surface area contributed by atoms with Crippen molar-refractivity contribution in [1.29, 1.82) is 0 Å². The average molecular weight is 462 g/mol. The third-order valence-corrected chi connectivity index (χ3v) is 5.74. The number of amides is 2. The number of rotatable bonds is 7. The second kappa shape index (κ2) is 8.88. The third-order valence-electron chi connectivity index (χ3n) is 5.74. The fraction of sp³-hybridized carbons (Fsp3) is 0.333. The summed E-state index contributed by atoms with van der Waals surface area (Å²) in [5, 5.41) is 5.95. The summed E-state index contributed by atoms with van der Waals surface area (Å²) < 4.78 is 57.4. The average Bonchev–Trinajstić information content (AvgIpc) is 3.29. The topological polar surface area (TPSA) is 71.3 Å². The van der Waals surface area contributed by atoms with E-state index in [0.717, 1.165) is 12.1 Å². The molecule has 3 aromatic rings. The number of hydrogen-bond acceptors (Lipinski definition) is 3. The maximum absolute atomic E-state index is 13.3. The smallest absolute Gasteiger partial charge is 0.416 e. The predicted molar refractivity (Wildman–Crippen MR) is 114 cm³/mol. The van der Waals surface area contributed by atoms with Gasteiger partial charge in [0.2, 0.25) is 11.8 Å². The van der Waals surface area contributed by atoms with Gasteiger partial charge in [0.1, 0.15) is 17.2 Å². The van der Waals surface area contributed by atoms with Gasteiger partial charge in [0.25, 0.3) is 0 Å². The number of fused-ring (bicyclic) bond motifs is 1. The highest BCUT2D eigenvalue weighted by molar-refractivity contribution is 5.91. The van der Waals surface area contributed by atoms with Crippen molar-refractivity contribution in [2.75, 3.05) is 5.32 Å². The molecule has 174 valence electrons. The van der Waals surface area contributed by atoms with Crippen molar-refractivity contribution >= 4 is 28.5 Å². The second-order valence-electron chi connectivity index (χ2n) is 8.41. The summed E-state index contributed by atoms with van der Waals surface area (Å²) in [5.41, 5.74) is -0.212. The first-order valence-corrected chi connectivity index (χ1v) is 10.5. The first-order chi connectivity index (χ1) is 15.6. The summed E-state index contributed by atoms with van der Waals surface area (Å²) >= 11 is 0. The number of hydrogen-bond donors (Lipinski definition) is 2. The number of halogens is 4. The van der Waals surface area contributed by atoms with Gasteiger partial charge in [-0.05, 0) is 67.6 Å². The van der Waals surface area contributed by atoms with E-state index < -0.39 is 17.8 Å². The van der Waals surface area contributed by atoms with Crippen molar-refractivity contribution in [3.05, 3.63) is 65.7 Å². The van der Waals surface area contributed by atoms with Gasteiger partial charge >= 0.3 is 6.18 Å². The molecule has 33 heavy (non-hydrogen) atoms. The van der Waals surface area contributed by atoms with Crippen molar-refractivity contribution in [2.24, 2.45) is 11.8 Å². The molecule has 4 rings (SSSR count). The summed E-state index contributed by atoms with van der Waals surface area (Å²) in [7, 11) is 0. The second-order valence-corrected chi connectivity index (χ2v) is 8.41. The van der Waals surface area contributed by atoms with Gasteiger partial charge in [-0.1, -0.05) is 6.07 Å². The molecule has 1 saturated carbocycles. The van der Waals surface area contributed by atoms with Crippen LogP contribution in [0.1, 0.15) is 43.6 Å². The van der Waals surface area contributed by atoms with E-state index in [2.05, 4.69) is 10.6 Å². The van der Waals surface area contributed by atoms with Gasteiger partial charge in [-0.15, -0.1) is 0 Å². The van der Waals surface area contributed by atoms with Crippen LogP contribution in [0.25, 0.3) is 11.0 Å². The first-order valence-electron chi connectivity index (χ1n) is 10.5. The first kappa shape index (κ1) is 22.8. The molecule has 1 aliphatic carbocycles. The van der Waals surface area contributed by atoms with Gasteiger partial charge in [-0.2, -0.15) is 13.2 Å². The predicted octanol–water partition coefficient (Wildman–Crippen LogP) is 5.82. The molecule has 2 N–H and O–H groups in total. The Balaban J connectivity index is 1.24. The van der Waals surface area contributed by atoms with Gasteiger partial charge < -0.3 is 15.1 Å². The van der Waals surface area contributed by atoms with Gasteiger partial charge in [-0.25, -0.2) is 4.39 Å². The Morgan fingerprint density at radius 3 is 2.52 bits per heavy atom. The zero-order valence-corrected chi connectivity index (χ0v) is 17.7. The summed E-state index contributed by atoms with van der Waals surface area (Å²) in [6.45, 7) is 1.76. The van der Waals surface area contributed by atoms with Crippen LogP contribution in [-0.4, -0.2) is 11.8 Å². The van der Waals surface area contributed by atoms with Crippen LogP contribution in [0.2, 0.25) is 0 Å². The molecule has 0 unspecified atom stereocenters. The lowest BCUT2D eigenvalue weighted by molar-refractivity contribution is -0.137. The minimum atomic E-state index is -4.48. The highest BCUT2D eigenvalue weighted by Crippen LogP contribution is 2.44. The van der Waals surface area contributed by atoms with E-state index in [1.807, 2.05) is 0 Å². The number of carbonyl (C=O) groups is 2. The van der Waals surface area contributed by atoms with E-state index in [1.54, 1.807) is 13.0 Å². The fourth-order valence-electron chi connectivity index (χ4n) is 3.89. The van der Waals surface area contributed by atoms with E-state index in [1.165, 1.54) is 30.3 Å². The minimum Gasteiger partial charge on any atom is -0.459 e. The Morgan fingerprint density at radius 2 is 1.79 bits per heavy atom. The van der Waals surface area contributed by atoms with Crippen molar-refractivity contribution in [1.82, 2.24) is 5.32 Å². The third kappa shape index (κ3) is 5.71. The van der Waals surface area contributed by atoms with Crippen LogP contribution in [-0.2, 0) is 15.8 Å². The lowest BCUT2D eigenvalue weighted by atomic mass is 10.1. The van der Waals surface area contributed by atoms with Crippen LogP contribution < -0.4 is 10.6 Å². The molecule has 0 aliphatic heterocycles. The van der Waals surface area contributed by atoms with Crippen LogP contribution >= 0.6 is 0 Å². The summed E-state index contributed by atoms with van der Waals surface area (Å²) in [6.07, 6.45) is -3.41. The molecule has 0 saturated heterocycles. The van der Waals surface area contributed by atoms with Crippen molar-refractivity contribution < 1.29 is 31.6 Å². The van der Waals surface area contributed by atoms with Gasteiger partial charge in [0.15, 0.2) is 0 Å². The van der Waals surface area contributed by atoms with Crippen molar-refractivity contribution in [3.8, 4) is 0 Å². The molecule has 9 heteroatoms. The number of alkyl halides is 3. The summed E-state index contributed by atoms with van der Waals surface area (Å²) in [6, 6.07) is 9.93. The quantitative estimate of drug-likeness (QED) is 0.435. The minimum absolute atomic E-state index is 0.00558. The van der Waals surface area contributed by atoms with Crippen LogP contribution in [0.15, 0.2) is 52.9 Å². The largest absolute Gasteiger partial charge is 0.459 e. The zero-order chi connectivity index (χ0) is 23.8. The van der Waals surface area contributed by atoms with E-state index in [-0.39, 0.29) is 48.0 Å². The summed E-state index contributed by atoms with van der Waals surface area (Å²) in [5.74, 6) is -0.398. The lowest BCUT2D eigenvalue weighted by Crippen LogP contribution is -2.26. The number of nitrogens with one attached hydrogen (secondary N) is 2. The van der Waals surface area contributed by atoms with Gasteiger partial charge in [-0.3, -0.25) is 9.59 Å². The Kier molecular flexibility index (Phi) is 6.14. The van der Waals surface area contributed by atoms with Crippen LogP contribution in [0, 0.1) is 17.7 Å². The molecule has 5 nitrogen and oxygen atoms in total. The van der Waals surface area contributed by atoms with E-state index in [0.29, 0.717) is 23.2 Å². The standard InChI is InChI=1S/C24H22F4N2O3/c1-13(21-9-16-8-18(25)5-6-20(16)33-21)29-22(31)10-14-7-15(14)11-23(32)30-19-4-2-3-17(12-19)24(26,27)28/h2-6,8-9,12-15H,7,10-11H2,1H3,(H,29,31)(H,30,32)/t13-,14-,15-/m1/s1. The molecule has 1 aromatic heterocycles. The lowest BCUT2D eigenvalue weighted by Gasteiger charge is -2.11. The number of carbonyl (C=O) groups excluding carboxylic acids is 2. The Bertz CT molecular complexity index is 1190. The fourth-order valence-corrected chi connectivity index (χ4v) is 3.89. The molecule has 2 aromatic carbocycles. The van der Waals surface area contributed by atoms with Crippen molar-refractivity contribution in [3.63, 3.8) is 0 Å². The van der Waals surface area contributed by atoms with Crippen LogP contribution in [0.4, 0.5) is 23.2 Å². The number of furan rings is 1. The summed E-state index contributed by atoms with van der Waals surface area (Å²) in [4.78, 5) is 24.6. The maximum Gasteiger partial charge on any atom is 0.416 e. The SMILES string of the molecule is C[C@@H](NC(=O)C[C@H]1C[C@@H]1CC(=O)Nc1cccc(C(F)(F)F)c1)c1cc2cc(F)ccc2o1. The highest BCUT2D eigenvalue weighted by Gasteiger charge is 2.40. The molecular formula is C24H22F4N2O3. The molecule has 2 amide bonds. The van der Waals surface area contributed by atoms with Crippen LogP contribution in [0.3, 0.4) is 0 Å². The Hall–Kier alpha value is -3.36. The molecule has 0 radical (unpaired) electrons. The van der Waals surface area contributed by atoms with Crippen LogP contribution in [0.5, 0.6) is 0 Å². The molecule has 1 heterocycles. The monoisotopic (exact) mass is 462 g/mol. The van der Waals surface area contributed by atoms with Crippen molar-refractivity contribution in [2.45, 2.75) is 38.4 Å². The van der Waals surface area contributed by atoms with E-state index in [4.69, 9.17) is 4.42 Å². The normalized spacial score (nSPS) is 18.7. The highest BCUT2D eigenvalue weighted by atomic mass is 19.4. The Labute approximate surface area is 187 Å². The van der Waals surface area contributed by atoms with Gasteiger partial charge in [0.05, 0.1) is 11.6 Å². The zero-order valence-electron chi connectivity index (χ0n) is 17.7. The Morgan fingerprint density at radius 1 is 1.06 bits per heavy atom. The maximum atomic E-state index is 13.3. The molecule has 3 atom stereocenters. The number of anilines is 1.